The largest absolute Gasteiger partial charge is 0.377 e. The molecule has 1 atom stereocenters. The summed E-state index contributed by atoms with van der Waals surface area (Å²) in [5.74, 6) is 0. The van der Waals surface area contributed by atoms with Crippen molar-refractivity contribution in [2.45, 2.75) is 32.2 Å². The molecule has 0 bridgehead atoms. The first-order valence-corrected chi connectivity index (χ1v) is 7.59. The zero-order valence-electron chi connectivity index (χ0n) is 10.4. The van der Waals surface area contributed by atoms with Gasteiger partial charge in [0.25, 0.3) is 0 Å². The quantitative estimate of drug-likeness (QED) is 0.796. The Labute approximate surface area is 117 Å². The molecule has 0 radical (unpaired) electrons. The normalized spacial score (nSPS) is 18.4. The summed E-state index contributed by atoms with van der Waals surface area (Å²) in [6.45, 7) is 2.10. The Morgan fingerprint density at radius 2 is 2.22 bits per heavy atom. The Hall–Kier alpha value is -0.990. The van der Waals surface area contributed by atoms with E-state index >= 15 is 0 Å². The van der Waals surface area contributed by atoms with Crippen molar-refractivity contribution >= 4 is 28.6 Å². The van der Waals surface area contributed by atoms with Gasteiger partial charge in [-0.25, -0.2) is 0 Å². The summed E-state index contributed by atoms with van der Waals surface area (Å²) in [4.78, 5) is 1.53. The van der Waals surface area contributed by atoms with Crippen LogP contribution in [0.1, 0.15) is 34.9 Å². The number of fused-ring (bicyclic) bond motifs is 1. The van der Waals surface area contributed by atoms with Gasteiger partial charge in [-0.1, -0.05) is 17.7 Å². The lowest BCUT2D eigenvalue weighted by molar-refractivity contribution is 0.609. The maximum absolute atomic E-state index is 6.26. The van der Waals surface area contributed by atoms with Crippen molar-refractivity contribution in [3.05, 3.63) is 50.7 Å². The number of rotatable bonds is 2. The summed E-state index contributed by atoms with van der Waals surface area (Å²) in [7, 11) is 0. The van der Waals surface area contributed by atoms with Crippen LogP contribution in [0, 0.1) is 6.92 Å². The second kappa shape index (κ2) is 4.94. The van der Waals surface area contributed by atoms with Gasteiger partial charge in [0, 0.05) is 4.88 Å². The maximum atomic E-state index is 6.26. The number of nitrogens with one attached hydrogen (secondary N) is 1. The van der Waals surface area contributed by atoms with Gasteiger partial charge in [-0.05, 0) is 60.9 Å². The number of hydrogen-bond acceptors (Lipinski definition) is 2. The Balaban J connectivity index is 1.88. The summed E-state index contributed by atoms with van der Waals surface area (Å²) >= 11 is 8.13. The number of benzene rings is 1. The molecule has 2 aromatic rings. The molecule has 0 fully saturated rings. The van der Waals surface area contributed by atoms with Crippen LogP contribution in [-0.4, -0.2) is 0 Å². The molecular weight excluding hydrogens is 262 g/mol. The molecule has 0 saturated heterocycles. The van der Waals surface area contributed by atoms with Gasteiger partial charge < -0.3 is 5.32 Å². The van der Waals surface area contributed by atoms with Crippen LogP contribution in [0.25, 0.3) is 0 Å². The lowest BCUT2D eigenvalue weighted by atomic mass is 9.94. The third-order valence-corrected chi connectivity index (χ3v) is 4.83. The molecule has 0 amide bonds. The topological polar surface area (TPSA) is 12.0 Å². The van der Waals surface area contributed by atoms with Crippen LogP contribution in [0.3, 0.4) is 0 Å². The molecule has 1 heterocycles. The van der Waals surface area contributed by atoms with Gasteiger partial charge in [-0.15, -0.1) is 11.3 Å². The SMILES string of the molecule is Cc1ccc(Cl)c(NC2CCCc3sccc32)c1. The fourth-order valence-corrected chi connectivity index (χ4v) is 3.73. The molecule has 1 nitrogen and oxygen atoms in total. The van der Waals surface area contributed by atoms with E-state index in [9.17, 15) is 0 Å². The predicted molar refractivity (Wildman–Crippen MR) is 79.8 cm³/mol. The van der Waals surface area contributed by atoms with Crippen LogP contribution in [0.15, 0.2) is 29.6 Å². The molecule has 3 rings (SSSR count). The minimum absolute atomic E-state index is 0.416. The molecule has 0 saturated carbocycles. The number of thiophene rings is 1. The Bertz CT molecular complexity index is 561. The Morgan fingerprint density at radius 1 is 1.33 bits per heavy atom. The first kappa shape index (κ1) is 12.1. The number of aryl methyl sites for hydroxylation is 2. The van der Waals surface area contributed by atoms with Crippen molar-refractivity contribution in [2.75, 3.05) is 5.32 Å². The molecule has 18 heavy (non-hydrogen) atoms. The van der Waals surface area contributed by atoms with E-state index in [1.54, 1.807) is 0 Å². The Kier molecular flexibility index (Phi) is 3.31. The molecule has 1 aromatic heterocycles. The van der Waals surface area contributed by atoms with E-state index in [0.29, 0.717) is 6.04 Å². The minimum atomic E-state index is 0.416. The molecule has 0 aliphatic heterocycles. The van der Waals surface area contributed by atoms with Crippen molar-refractivity contribution in [3.8, 4) is 0 Å². The molecule has 1 aliphatic carbocycles. The van der Waals surface area contributed by atoms with Gasteiger partial charge in [0.05, 0.1) is 16.8 Å². The van der Waals surface area contributed by atoms with Gasteiger partial charge in [0.2, 0.25) is 0 Å². The van der Waals surface area contributed by atoms with E-state index in [-0.39, 0.29) is 0 Å². The summed E-state index contributed by atoms with van der Waals surface area (Å²) in [5, 5.41) is 6.61. The van der Waals surface area contributed by atoms with Crippen molar-refractivity contribution in [1.29, 1.82) is 0 Å². The Morgan fingerprint density at radius 3 is 3.11 bits per heavy atom. The first-order valence-electron chi connectivity index (χ1n) is 6.33. The molecule has 94 valence electrons. The van der Waals surface area contributed by atoms with E-state index in [2.05, 4.69) is 29.8 Å². The van der Waals surface area contributed by atoms with Gasteiger partial charge in [-0.2, -0.15) is 0 Å². The van der Waals surface area contributed by atoms with Crippen molar-refractivity contribution in [1.82, 2.24) is 0 Å². The van der Waals surface area contributed by atoms with Crippen LogP contribution in [-0.2, 0) is 6.42 Å². The summed E-state index contributed by atoms with van der Waals surface area (Å²) in [5.41, 5.74) is 3.76. The number of hydrogen-bond donors (Lipinski definition) is 1. The minimum Gasteiger partial charge on any atom is -0.377 e. The molecular formula is C15H16ClNS. The lowest BCUT2D eigenvalue weighted by Gasteiger charge is -2.25. The van der Waals surface area contributed by atoms with Crippen molar-refractivity contribution in [3.63, 3.8) is 0 Å². The molecule has 1 aliphatic rings. The predicted octanol–water partition coefficient (Wildman–Crippen LogP) is 5.20. The second-order valence-electron chi connectivity index (χ2n) is 4.87. The number of halogens is 1. The van der Waals surface area contributed by atoms with E-state index < -0.39 is 0 Å². The standard InChI is InChI=1S/C15H16ClNS/c1-10-5-6-12(16)14(9-10)17-13-3-2-4-15-11(13)7-8-18-15/h5-9,13,17H,2-4H2,1H3. The summed E-state index contributed by atoms with van der Waals surface area (Å²) < 4.78 is 0. The average molecular weight is 278 g/mol. The smallest absolute Gasteiger partial charge is 0.0637 e. The van der Waals surface area contributed by atoms with E-state index in [0.717, 1.165) is 10.7 Å². The molecule has 0 spiro atoms. The highest BCUT2D eigenvalue weighted by Gasteiger charge is 2.21. The van der Waals surface area contributed by atoms with Gasteiger partial charge in [0.15, 0.2) is 0 Å². The van der Waals surface area contributed by atoms with Crippen LogP contribution in [0.4, 0.5) is 5.69 Å². The van der Waals surface area contributed by atoms with E-state index in [4.69, 9.17) is 11.6 Å². The third kappa shape index (κ3) is 2.27. The van der Waals surface area contributed by atoms with Crippen molar-refractivity contribution < 1.29 is 0 Å². The lowest BCUT2D eigenvalue weighted by Crippen LogP contribution is -2.15. The first-order chi connectivity index (χ1) is 8.74. The zero-order valence-corrected chi connectivity index (χ0v) is 11.9. The van der Waals surface area contributed by atoms with Crippen LogP contribution in [0.5, 0.6) is 0 Å². The third-order valence-electron chi connectivity index (χ3n) is 3.50. The average Bonchev–Trinajstić information content (AvgIpc) is 2.83. The zero-order chi connectivity index (χ0) is 12.5. The molecule has 1 aromatic carbocycles. The van der Waals surface area contributed by atoms with Gasteiger partial charge >= 0.3 is 0 Å². The summed E-state index contributed by atoms with van der Waals surface area (Å²) in [6, 6.07) is 8.81. The molecule has 1 N–H and O–H groups in total. The molecule has 1 unspecified atom stereocenters. The maximum Gasteiger partial charge on any atom is 0.0637 e. The monoisotopic (exact) mass is 277 g/mol. The summed E-state index contributed by atoms with van der Waals surface area (Å²) in [6.07, 6.45) is 3.68. The highest BCUT2D eigenvalue weighted by Crippen LogP contribution is 2.37. The van der Waals surface area contributed by atoms with E-state index in [1.807, 2.05) is 23.5 Å². The highest BCUT2D eigenvalue weighted by atomic mass is 35.5. The van der Waals surface area contributed by atoms with Crippen molar-refractivity contribution in [2.24, 2.45) is 0 Å². The van der Waals surface area contributed by atoms with Gasteiger partial charge in [-0.3, -0.25) is 0 Å². The van der Waals surface area contributed by atoms with E-state index in [1.165, 1.54) is 35.3 Å². The number of anilines is 1. The fraction of sp³-hybridized carbons (Fsp3) is 0.333. The highest BCUT2D eigenvalue weighted by molar-refractivity contribution is 7.10. The fourth-order valence-electron chi connectivity index (χ4n) is 2.57. The van der Waals surface area contributed by atoms with Crippen LogP contribution in [0.2, 0.25) is 5.02 Å². The van der Waals surface area contributed by atoms with Crippen LogP contribution >= 0.6 is 22.9 Å². The molecule has 3 heteroatoms. The van der Waals surface area contributed by atoms with Crippen LogP contribution < -0.4 is 5.32 Å². The van der Waals surface area contributed by atoms with Gasteiger partial charge in [0.1, 0.15) is 0 Å². The second-order valence-corrected chi connectivity index (χ2v) is 6.28.